The summed E-state index contributed by atoms with van der Waals surface area (Å²) in [5.74, 6) is -1.39. The Labute approximate surface area is 144 Å². The lowest BCUT2D eigenvalue weighted by Gasteiger charge is -2.07. The molecule has 8 nitrogen and oxygen atoms in total. The minimum atomic E-state index is -0.703. The number of nitriles is 1. The SMILES string of the molecule is N#Cc1cc([N+](=O)[O-])ccc1NC(=O)COC(=O)c1ccc(Cl)s1. The minimum absolute atomic E-state index is 0.0751. The number of thiophene rings is 1. The van der Waals surface area contributed by atoms with Crippen molar-refractivity contribution in [3.63, 3.8) is 0 Å². The van der Waals surface area contributed by atoms with Crippen molar-refractivity contribution in [1.82, 2.24) is 0 Å². The molecule has 0 bridgehead atoms. The van der Waals surface area contributed by atoms with Crippen LogP contribution >= 0.6 is 22.9 Å². The number of nitrogens with zero attached hydrogens (tertiary/aromatic N) is 2. The summed E-state index contributed by atoms with van der Waals surface area (Å²) in [6.45, 7) is -0.573. The van der Waals surface area contributed by atoms with Crippen LogP contribution in [-0.4, -0.2) is 23.4 Å². The largest absolute Gasteiger partial charge is 0.451 e. The van der Waals surface area contributed by atoms with Crippen molar-refractivity contribution in [2.24, 2.45) is 0 Å². The van der Waals surface area contributed by atoms with Gasteiger partial charge in [-0.2, -0.15) is 5.26 Å². The van der Waals surface area contributed by atoms with E-state index in [1.165, 1.54) is 18.2 Å². The standard InChI is InChI=1S/C14H8ClN3O5S/c15-12-4-3-11(24-12)14(20)23-7-13(19)17-10-2-1-9(18(21)22)5-8(10)6-16/h1-5H,7H2,(H,17,19). The van der Waals surface area contributed by atoms with E-state index < -0.39 is 23.4 Å². The second kappa shape index (κ2) is 7.54. The van der Waals surface area contributed by atoms with Gasteiger partial charge in [-0.15, -0.1) is 11.3 Å². The summed E-state index contributed by atoms with van der Waals surface area (Å²) in [4.78, 5) is 33.7. The smallest absolute Gasteiger partial charge is 0.348 e. The third-order valence-electron chi connectivity index (χ3n) is 2.72. The Morgan fingerprint density at radius 3 is 2.71 bits per heavy atom. The average molecular weight is 366 g/mol. The molecule has 1 N–H and O–H groups in total. The molecule has 0 atom stereocenters. The number of nitro benzene ring substituents is 1. The van der Waals surface area contributed by atoms with Crippen LogP contribution in [0.4, 0.5) is 11.4 Å². The van der Waals surface area contributed by atoms with Crippen LogP contribution < -0.4 is 5.32 Å². The summed E-state index contributed by atoms with van der Waals surface area (Å²) in [7, 11) is 0. The zero-order valence-corrected chi connectivity index (χ0v) is 13.4. The van der Waals surface area contributed by atoms with Crippen LogP contribution in [0.25, 0.3) is 0 Å². The van der Waals surface area contributed by atoms with Crippen LogP contribution in [0.2, 0.25) is 4.34 Å². The molecule has 2 rings (SSSR count). The second-order valence-electron chi connectivity index (χ2n) is 4.33. The normalized spacial score (nSPS) is 9.83. The first-order chi connectivity index (χ1) is 11.4. The lowest BCUT2D eigenvalue weighted by Crippen LogP contribution is -2.21. The van der Waals surface area contributed by atoms with Crippen LogP contribution in [0.3, 0.4) is 0 Å². The molecule has 0 aliphatic rings. The Hall–Kier alpha value is -2.96. The summed E-state index contributed by atoms with van der Waals surface area (Å²) >= 11 is 6.71. The molecule has 0 aliphatic carbocycles. The maximum atomic E-state index is 11.8. The number of ether oxygens (including phenoxy) is 1. The molecular formula is C14H8ClN3O5S. The number of esters is 1. The number of hydrogen-bond donors (Lipinski definition) is 1. The molecule has 0 unspecified atom stereocenters. The first-order valence-corrected chi connectivity index (χ1v) is 7.51. The van der Waals surface area contributed by atoms with Crippen molar-refractivity contribution >= 4 is 46.2 Å². The van der Waals surface area contributed by atoms with Crippen molar-refractivity contribution in [3.8, 4) is 6.07 Å². The number of non-ortho nitro benzene ring substituents is 1. The monoisotopic (exact) mass is 365 g/mol. The summed E-state index contributed by atoms with van der Waals surface area (Å²) in [5, 5.41) is 22.0. The number of nitro groups is 1. The highest BCUT2D eigenvalue weighted by molar-refractivity contribution is 7.17. The van der Waals surface area contributed by atoms with Gasteiger partial charge in [0.25, 0.3) is 11.6 Å². The van der Waals surface area contributed by atoms with Crippen LogP contribution in [0.15, 0.2) is 30.3 Å². The Morgan fingerprint density at radius 2 is 2.12 bits per heavy atom. The fraction of sp³-hybridized carbons (Fsp3) is 0.0714. The van der Waals surface area contributed by atoms with Crippen molar-refractivity contribution in [2.45, 2.75) is 0 Å². The predicted octanol–water partition coefficient (Wildman–Crippen LogP) is 2.98. The fourth-order valence-electron chi connectivity index (χ4n) is 1.66. The fourth-order valence-corrected chi connectivity index (χ4v) is 2.60. The van der Waals surface area contributed by atoms with Gasteiger partial charge in [-0.1, -0.05) is 11.6 Å². The van der Waals surface area contributed by atoms with E-state index in [-0.39, 0.29) is 21.8 Å². The topological polar surface area (TPSA) is 122 Å². The number of anilines is 1. The summed E-state index contributed by atoms with van der Waals surface area (Å²) < 4.78 is 5.23. The number of amides is 1. The zero-order valence-electron chi connectivity index (χ0n) is 11.8. The molecule has 0 saturated carbocycles. The first-order valence-electron chi connectivity index (χ1n) is 6.31. The molecule has 10 heteroatoms. The first kappa shape index (κ1) is 17.4. The van der Waals surface area contributed by atoms with Gasteiger partial charge >= 0.3 is 5.97 Å². The van der Waals surface area contributed by atoms with Gasteiger partial charge in [-0.25, -0.2) is 4.79 Å². The summed E-state index contributed by atoms with van der Waals surface area (Å²) in [6, 6.07) is 8.16. The zero-order chi connectivity index (χ0) is 17.7. The van der Waals surface area contributed by atoms with E-state index in [0.717, 1.165) is 23.5 Å². The molecule has 2 aromatic rings. The van der Waals surface area contributed by atoms with Crippen LogP contribution in [0, 0.1) is 21.4 Å². The van der Waals surface area contributed by atoms with Gasteiger partial charge in [0.15, 0.2) is 6.61 Å². The van der Waals surface area contributed by atoms with E-state index in [0.29, 0.717) is 4.34 Å². The van der Waals surface area contributed by atoms with E-state index in [4.69, 9.17) is 21.6 Å². The predicted molar refractivity (Wildman–Crippen MR) is 86.1 cm³/mol. The maximum Gasteiger partial charge on any atom is 0.348 e. The van der Waals surface area contributed by atoms with Crippen molar-refractivity contribution < 1.29 is 19.2 Å². The van der Waals surface area contributed by atoms with Crippen LogP contribution in [0.5, 0.6) is 0 Å². The molecule has 0 fully saturated rings. The van der Waals surface area contributed by atoms with E-state index in [9.17, 15) is 19.7 Å². The molecule has 0 aliphatic heterocycles. The third-order valence-corrected chi connectivity index (χ3v) is 3.93. The number of carbonyl (C=O) groups is 2. The molecule has 1 aromatic heterocycles. The van der Waals surface area contributed by atoms with Gasteiger partial charge in [-0.05, 0) is 18.2 Å². The van der Waals surface area contributed by atoms with Crippen LogP contribution in [-0.2, 0) is 9.53 Å². The van der Waals surface area contributed by atoms with E-state index in [1.54, 1.807) is 6.07 Å². The van der Waals surface area contributed by atoms with Gasteiger partial charge in [0, 0.05) is 12.1 Å². The number of carbonyl (C=O) groups excluding carboxylic acids is 2. The molecule has 1 amide bonds. The quantitative estimate of drug-likeness (QED) is 0.493. The van der Waals surface area contributed by atoms with Crippen LogP contribution in [0.1, 0.15) is 15.2 Å². The molecule has 122 valence electrons. The molecular weight excluding hydrogens is 358 g/mol. The lowest BCUT2D eigenvalue weighted by atomic mass is 10.1. The number of rotatable bonds is 5. The van der Waals surface area contributed by atoms with Gasteiger partial charge in [-0.3, -0.25) is 14.9 Å². The highest BCUT2D eigenvalue weighted by Crippen LogP contribution is 2.23. The Bertz CT molecular complexity index is 858. The summed E-state index contributed by atoms with van der Waals surface area (Å²) in [6.07, 6.45) is 0. The van der Waals surface area contributed by atoms with Gasteiger partial charge in [0.2, 0.25) is 0 Å². The highest BCUT2D eigenvalue weighted by atomic mass is 35.5. The third kappa shape index (κ3) is 4.28. The molecule has 1 heterocycles. The van der Waals surface area contributed by atoms with E-state index in [2.05, 4.69) is 5.32 Å². The number of nitrogens with one attached hydrogen (secondary N) is 1. The molecule has 0 radical (unpaired) electrons. The second-order valence-corrected chi connectivity index (χ2v) is 6.04. The minimum Gasteiger partial charge on any atom is -0.451 e. The molecule has 24 heavy (non-hydrogen) atoms. The van der Waals surface area contributed by atoms with E-state index >= 15 is 0 Å². The Morgan fingerprint density at radius 1 is 1.38 bits per heavy atom. The Balaban J connectivity index is 1.98. The number of hydrogen-bond acceptors (Lipinski definition) is 7. The molecule has 0 saturated heterocycles. The van der Waals surface area contributed by atoms with Gasteiger partial charge in [0.1, 0.15) is 10.9 Å². The maximum absolute atomic E-state index is 11.8. The van der Waals surface area contributed by atoms with Gasteiger partial charge < -0.3 is 10.1 Å². The van der Waals surface area contributed by atoms with Crippen molar-refractivity contribution in [2.75, 3.05) is 11.9 Å². The molecule has 0 spiro atoms. The van der Waals surface area contributed by atoms with Crippen molar-refractivity contribution in [1.29, 1.82) is 5.26 Å². The number of halogens is 1. The molecule has 1 aromatic carbocycles. The van der Waals surface area contributed by atoms with Gasteiger partial charge in [0.05, 0.1) is 20.5 Å². The van der Waals surface area contributed by atoms with Crippen molar-refractivity contribution in [3.05, 3.63) is 55.2 Å². The lowest BCUT2D eigenvalue weighted by molar-refractivity contribution is -0.384. The number of benzene rings is 1. The van der Waals surface area contributed by atoms with E-state index in [1.807, 2.05) is 0 Å². The highest BCUT2D eigenvalue weighted by Gasteiger charge is 2.15. The summed E-state index contributed by atoms with van der Waals surface area (Å²) in [5.41, 5.74) is -0.261. The average Bonchev–Trinajstić information content (AvgIpc) is 2.99. The Kier molecular flexibility index (Phi) is 5.47.